The van der Waals surface area contributed by atoms with Crippen molar-refractivity contribution in [2.45, 2.75) is 26.3 Å². The van der Waals surface area contributed by atoms with Gasteiger partial charge in [-0.15, -0.1) is 0 Å². The molecule has 1 fully saturated rings. The molecular formula is C17H23N3O2. The van der Waals surface area contributed by atoms with Crippen molar-refractivity contribution >= 4 is 17.5 Å². The average Bonchev–Trinajstić information content (AvgIpc) is 2.90. The fourth-order valence-corrected chi connectivity index (χ4v) is 3.44. The Morgan fingerprint density at radius 1 is 1.18 bits per heavy atom. The quantitative estimate of drug-likeness (QED) is 0.822. The first-order valence-electron chi connectivity index (χ1n) is 7.94. The van der Waals surface area contributed by atoms with Gasteiger partial charge in [0.1, 0.15) is 0 Å². The standard InChI is InChI=1S/C17H23N3O2/c1-13-11-18(14(2)21)9-10-20(13)17(22)12-19-8-7-15-5-3-4-6-16(15)19/h3-6,13H,7-12H2,1-2H3/t13-/m1/s1. The zero-order valence-corrected chi connectivity index (χ0v) is 13.3. The molecule has 3 rings (SSSR count). The molecule has 0 spiro atoms. The molecule has 2 heterocycles. The summed E-state index contributed by atoms with van der Waals surface area (Å²) in [6.45, 7) is 6.86. The molecule has 2 aliphatic rings. The van der Waals surface area contributed by atoms with E-state index in [2.05, 4.69) is 17.0 Å². The Morgan fingerprint density at radius 3 is 2.68 bits per heavy atom. The lowest BCUT2D eigenvalue weighted by molar-refractivity contribution is -0.140. The van der Waals surface area contributed by atoms with Crippen molar-refractivity contribution in [2.24, 2.45) is 0 Å². The molecule has 1 atom stereocenters. The number of anilines is 1. The van der Waals surface area contributed by atoms with E-state index >= 15 is 0 Å². The molecule has 0 saturated carbocycles. The maximum atomic E-state index is 12.6. The van der Waals surface area contributed by atoms with Gasteiger partial charge in [-0.05, 0) is 25.0 Å². The van der Waals surface area contributed by atoms with Gasteiger partial charge in [0.25, 0.3) is 0 Å². The van der Waals surface area contributed by atoms with Crippen LogP contribution in [0.1, 0.15) is 19.4 Å². The van der Waals surface area contributed by atoms with Gasteiger partial charge >= 0.3 is 0 Å². The van der Waals surface area contributed by atoms with E-state index < -0.39 is 0 Å². The first-order chi connectivity index (χ1) is 10.6. The molecule has 1 aromatic carbocycles. The molecule has 118 valence electrons. The fraction of sp³-hybridized carbons (Fsp3) is 0.529. The van der Waals surface area contributed by atoms with E-state index in [1.54, 1.807) is 6.92 Å². The van der Waals surface area contributed by atoms with Gasteiger partial charge < -0.3 is 14.7 Å². The smallest absolute Gasteiger partial charge is 0.242 e. The van der Waals surface area contributed by atoms with Gasteiger partial charge in [0.2, 0.25) is 11.8 Å². The lowest BCUT2D eigenvalue weighted by atomic mass is 10.1. The van der Waals surface area contributed by atoms with E-state index in [0.29, 0.717) is 26.2 Å². The van der Waals surface area contributed by atoms with Crippen LogP contribution in [0.4, 0.5) is 5.69 Å². The number of fused-ring (bicyclic) bond motifs is 1. The molecule has 22 heavy (non-hydrogen) atoms. The lowest BCUT2D eigenvalue weighted by Gasteiger charge is -2.40. The highest BCUT2D eigenvalue weighted by Crippen LogP contribution is 2.27. The molecule has 0 bridgehead atoms. The van der Waals surface area contributed by atoms with Crippen molar-refractivity contribution in [2.75, 3.05) is 37.6 Å². The van der Waals surface area contributed by atoms with Gasteiger partial charge in [-0.25, -0.2) is 0 Å². The van der Waals surface area contributed by atoms with Crippen LogP contribution in [0.25, 0.3) is 0 Å². The van der Waals surface area contributed by atoms with Crippen LogP contribution >= 0.6 is 0 Å². The zero-order chi connectivity index (χ0) is 15.7. The van der Waals surface area contributed by atoms with Crippen molar-refractivity contribution in [1.82, 2.24) is 9.80 Å². The second kappa shape index (κ2) is 5.99. The van der Waals surface area contributed by atoms with Crippen molar-refractivity contribution in [3.8, 4) is 0 Å². The summed E-state index contributed by atoms with van der Waals surface area (Å²) >= 11 is 0. The Morgan fingerprint density at radius 2 is 1.95 bits per heavy atom. The van der Waals surface area contributed by atoms with Crippen LogP contribution in [0.15, 0.2) is 24.3 Å². The molecule has 0 unspecified atom stereocenters. The number of rotatable bonds is 2. The third kappa shape index (κ3) is 2.80. The largest absolute Gasteiger partial charge is 0.362 e. The van der Waals surface area contributed by atoms with E-state index in [-0.39, 0.29) is 17.9 Å². The number of hydrogen-bond donors (Lipinski definition) is 0. The average molecular weight is 301 g/mol. The minimum atomic E-state index is 0.0861. The topological polar surface area (TPSA) is 43.9 Å². The Bertz CT molecular complexity index is 587. The van der Waals surface area contributed by atoms with E-state index in [4.69, 9.17) is 0 Å². The summed E-state index contributed by atoms with van der Waals surface area (Å²) in [6, 6.07) is 8.38. The van der Waals surface area contributed by atoms with Gasteiger partial charge in [-0.2, -0.15) is 0 Å². The van der Waals surface area contributed by atoms with Crippen LogP contribution in [0, 0.1) is 0 Å². The van der Waals surface area contributed by atoms with Crippen LogP contribution in [-0.4, -0.2) is 60.4 Å². The first kappa shape index (κ1) is 14.9. The molecule has 1 aromatic rings. The van der Waals surface area contributed by atoms with E-state index in [1.165, 1.54) is 11.3 Å². The molecule has 0 N–H and O–H groups in total. The van der Waals surface area contributed by atoms with Gasteiger partial charge in [0.05, 0.1) is 6.54 Å². The Kier molecular flexibility index (Phi) is 4.05. The molecule has 2 aliphatic heterocycles. The van der Waals surface area contributed by atoms with Crippen LogP contribution in [-0.2, 0) is 16.0 Å². The van der Waals surface area contributed by atoms with Crippen LogP contribution in [0.3, 0.4) is 0 Å². The summed E-state index contributed by atoms with van der Waals surface area (Å²) in [4.78, 5) is 30.0. The highest BCUT2D eigenvalue weighted by atomic mass is 16.2. The van der Waals surface area contributed by atoms with Crippen LogP contribution in [0.5, 0.6) is 0 Å². The number of carbonyl (C=O) groups excluding carboxylic acids is 2. The minimum Gasteiger partial charge on any atom is -0.362 e. The number of hydrogen-bond acceptors (Lipinski definition) is 3. The second-order valence-electron chi connectivity index (χ2n) is 6.20. The predicted molar refractivity (Wildman–Crippen MR) is 85.8 cm³/mol. The van der Waals surface area contributed by atoms with Crippen molar-refractivity contribution < 1.29 is 9.59 Å². The molecule has 0 aliphatic carbocycles. The number of amides is 2. The summed E-state index contributed by atoms with van der Waals surface area (Å²) in [5, 5.41) is 0. The molecular weight excluding hydrogens is 278 g/mol. The van der Waals surface area contributed by atoms with Gasteiger partial charge in [0.15, 0.2) is 0 Å². The Labute approximate surface area is 131 Å². The maximum Gasteiger partial charge on any atom is 0.242 e. The van der Waals surface area contributed by atoms with Crippen molar-refractivity contribution in [3.63, 3.8) is 0 Å². The summed E-state index contributed by atoms with van der Waals surface area (Å²) in [5.74, 6) is 0.250. The molecule has 5 nitrogen and oxygen atoms in total. The van der Waals surface area contributed by atoms with E-state index in [0.717, 1.165) is 13.0 Å². The third-order valence-electron chi connectivity index (χ3n) is 4.70. The third-order valence-corrected chi connectivity index (χ3v) is 4.70. The molecule has 0 radical (unpaired) electrons. The number of carbonyl (C=O) groups is 2. The first-order valence-corrected chi connectivity index (χ1v) is 7.94. The lowest BCUT2D eigenvalue weighted by Crippen LogP contribution is -2.56. The summed E-state index contributed by atoms with van der Waals surface area (Å²) in [5.41, 5.74) is 2.51. The number of piperazine rings is 1. The van der Waals surface area contributed by atoms with Crippen LogP contribution in [0.2, 0.25) is 0 Å². The number of benzene rings is 1. The Hall–Kier alpha value is -2.04. The number of para-hydroxylation sites is 1. The van der Waals surface area contributed by atoms with Gasteiger partial charge in [0, 0.05) is 44.8 Å². The Balaban J connectivity index is 1.63. The van der Waals surface area contributed by atoms with Crippen molar-refractivity contribution in [3.05, 3.63) is 29.8 Å². The highest BCUT2D eigenvalue weighted by molar-refractivity contribution is 5.83. The zero-order valence-electron chi connectivity index (χ0n) is 13.3. The monoisotopic (exact) mass is 301 g/mol. The summed E-state index contributed by atoms with van der Waals surface area (Å²) < 4.78 is 0. The number of nitrogens with zero attached hydrogens (tertiary/aromatic N) is 3. The summed E-state index contributed by atoms with van der Waals surface area (Å²) in [7, 11) is 0. The SMILES string of the molecule is CC(=O)N1CCN(C(=O)CN2CCc3ccccc32)[C@H](C)C1. The highest BCUT2D eigenvalue weighted by Gasteiger charge is 2.30. The molecule has 2 amide bonds. The fourth-order valence-electron chi connectivity index (χ4n) is 3.44. The van der Waals surface area contributed by atoms with Crippen LogP contribution < -0.4 is 4.90 Å². The van der Waals surface area contributed by atoms with E-state index in [1.807, 2.05) is 28.9 Å². The predicted octanol–water partition coefficient (Wildman–Crippen LogP) is 1.13. The summed E-state index contributed by atoms with van der Waals surface area (Å²) in [6.07, 6.45) is 1.01. The molecule has 1 saturated heterocycles. The molecule has 0 aromatic heterocycles. The van der Waals surface area contributed by atoms with Gasteiger partial charge in [-0.1, -0.05) is 18.2 Å². The van der Waals surface area contributed by atoms with Crippen molar-refractivity contribution in [1.29, 1.82) is 0 Å². The minimum absolute atomic E-state index is 0.0861. The molecule has 5 heteroatoms. The maximum absolute atomic E-state index is 12.6. The normalized spacial score (nSPS) is 21.0. The van der Waals surface area contributed by atoms with Gasteiger partial charge in [-0.3, -0.25) is 9.59 Å². The second-order valence-corrected chi connectivity index (χ2v) is 6.20. The van der Waals surface area contributed by atoms with E-state index in [9.17, 15) is 9.59 Å².